The highest BCUT2D eigenvalue weighted by Crippen LogP contribution is 2.39. The molecule has 6 nitrogen and oxygen atoms in total. The van der Waals surface area contributed by atoms with Gasteiger partial charge in [-0.1, -0.05) is 6.92 Å². The van der Waals surface area contributed by atoms with Crippen LogP contribution in [-0.4, -0.2) is 55.2 Å². The van der Waals surface area contributed by atoms with Crippen molar-refractivity contribution in [3.05, 3.63) is 0 Å². The van der Waals surface area contributed by atoms with Crippen LogP contribution in [0.3, 0.4) is 0 Å². The van der Waals surface area contributed by atoms with Crippen molar-refractivity contribution in [3.8, 4) is 0 Å². The number of rotatable bonds is 4. The van der Waals surface area contributed by atoms with Gasteiger partial charge in [0.25, 0.3) is 0 Å². The lowest BCUT2D eigenvalue weighted by molar-refractivity contribution is -0.172. The highest BCUT2D eigenvalue weighted by molar-refractivity contribution is 6.21. The Morgan fingerprint density at radius 2 is 2.25 bits per heavy atom. The van der Waals surface area contributed by atoms with Crippen molar-refractivity contribution in [2.24, 2.45) is 11.8 Å². The molecule has 3 fully saturated rings. The number of carbonyl (C=O) groups is 2. The molecule has 3 aliphatic rings. The van der Waals surface area contributed by atoms with Gasteiger partial charge in [0, 0.05) is 19.0 Å². The first-order valence-corrected chi connectivity index (χ1v) is 9.43. The molecule has 0 aromatic heterocycles. The summed E-state index contributed by atoms with van der Waals surface area (Å²) < 4.78 is 11.3. The minimum Gasteiger partial charge on any atom is -0.462 e. The molecule has 136 valence electrons. The molecule has 1 saturated carbocycles. The number of ether oxygens (including phenoxy) is 2. The summed E-state index contributed by atoms with van der Waals surface area (Å²) in [5, 5.41) is 6.11. The summed E-state index contributed by atoms with van der Waals surface area (Å²) in [5.41, 5.74) is 0. The monoisotopic (exact) mass is 358 g/mol. The molecule has 1 amide bonds. The molecule has 2 heterocycles. The van der Waals surface area contributed by atoms with E-state index in [1.165, 1.54) is 0 Å². The number of carbonyl (C=O) groups excluding carboxylic acids is 2. The van der Waals surface area contributed by atoms with Crippen LogP contribution in [-0.2, 0) is 19.1 Å². The van der Waals surface area contributed by atoms with Crippen molar-refractivity contribution < 1.29 is 19.1 Å². The van der Waals surface area contributed by atoms with E-state index in [9.17, 15) is 9.59 Å². The summed E-state index contributed by atoms with van der Waals surface area (Å²) in [6.45, 7) is 3.73. The first-order valence-electron chi connectivity index (χ1n) is 8.99. The van der Waals surface area contributed by atoms with E-state index in [0.29, 0.717) is 12.3 Å². The summed E-state index contributed by atoms with van der Waals surface area (Å²) in [7, 11) is 0. The van der Waals surface area contributed by atoms with Crippen molar-refractivity contribution in [2.45, 2.75) is 62.7 Å². The molecule has 3 rings (SSSR count). The van der Waals surface area contributed by atoms with Crippen molar-refractivity contribution in [1.29, 1.82) is 0 Å². The second kappa shape index (κ2) is 8.02. The molecular weight excluding hydrogens is 332 g/mol. The zero-order valence-electron chi connectivity index (χ0n) is 14.1. The fourth-order valence-corrected chi connectivity index (χ4v) is 4.37. The van der Waals surface area contributed by atoms with Crippen LogP contribution in [0.2, 0.25) is 0 Å². The maximum Gasteiger partial charge on any atom is 0.308 e. The van der Waals surface area contributed by atoms with Gasteiger partial charge < -0.3 is 20.1 Å². The summed E-state index contributed by atoms with van der Waals surface area (Å²) in [4.78, 5) is 23.8. The lowest BCUT2D eigenvalue weighted by Gasteiger charge is -2.42. The SMILES string of the molecule is CC1CC2CC(Cl)C(OCC(=O)NC3CCCNC3)CC2OC1=O. The largest absolute Gasteiger partial charge is 0.462 e. The Hall–Kier alpha value is -0.850. The van der Waals surface area contributed by atoms with E-state index in [4.69, 9.17) is 21.1 Å². The molecule has 0 aromatic carbocycles. The zero-order chi connectivity index (χ0) is 17.1. The first kappa shape index (κ1) is 18.0. The first-order chi connectivity index (χ1) is 11.5. The van der Waals surface area contributed by atoms with Crippen LogP contribution in [0.5, 0.6) is 0 Å². The van der Waals surface area contributed by atoms with Gasteiger partial charge in [0.15, 0.2) is 0 Å². The molecule has 0 aromatic rings. The van der Waals surface area contributed by atoms with E-state index < -0.39 is 0 Å². The Labute approximate surface area is 148 Å². The topological polar surface area (TPSA) is 76.7 Å². The molecule has 0 bridgehead atoms. The van der Waals surface area contributed by atoms with E-state index in [1.807, 2.05) is 6.92 Å². The van der Waals surface area contributed by atoms with Gasteiger partial charge in [-0.2, -0.15) is 0 Å². The van der Waals surface area contributed by atoms with Crippen LogP contribution in [0, 0.1) is 11.8 Å². The number of hydrogen-bond donors (Lipinski definition) is 2. The van der Waals surface area contributed by atoms with E-state index >= 15 is 0 Å². The summed E-state index contributed by atoms with van der Waals surface area (Å²) in [6.07, 6.45) is 3.87. The van der Waals surface area contributed by atoms with Gasteiger partial charge in [-0.3, -0.25) is 9.59 Å². The molecule has 2 N–H and O–H groups in total. The fourth-order valence-electron chi connectivity index (χ4n) is 3.97. The molecule has 2 saturated heterocycles. The van der Waals surface area contributed by atoms with Crippen molar-refractivity contribution in [2.75, 3.05) is 19.7 Å². The Balaban J connectivity index is 1.45. The van der Waals surface area contributed by atoms with Gasteiger partial charge in [0.1, 0.15) is 12.7 Å². The summed E-state index contributed by atoms with van der Waals surface area (Å²) >= 11 is 6.45. The number of hydrogen-bond acceptors (Lipinski definition) is 5. The molecule has 0 spiro atoms. The van der Waals surface area contributed by atoms with E-state index in [-0.39, 0.29) is 48.0 Å². The van der Waals surface area contributed by atoms with Gasteiger partial charge >= 0.3 is 5.97 Å². The van der Waals surface area contributed by atoms with Crippen molar-refractivity contribution in [1.82, 2.24) is 10.6 Å². The predicted octanol–water partition coefficient (Wildman–Crippen LogP) is 1.21. The quantitative estimate of drug-likeness (QED) is 0.583. The van der Waals surface area contributed by atoms with Crippen LogP contribution in [0.1, 0.15) is 39.0 Å². The lowest BCUT2D eigenvalue weighted by atomic mass is 9.77. The molecule has 0 radical (unpaired) electrons. The second-order valence-electron chi connectivity index (χ2n) is 7.32. The van der Waals surface area contributed by atoms with Gasteiger partial charge in [0.05, 0.1) is 17.4 Å². The minimum atomic E-state index is -0.246. The van der Waals surface area contributed by atoms with Crippen LogP contribution in [0.4, 0.5) is 0 Å². The van der Waals surface area contributed by atoms with E-state index in [1.54, 1.807) is 0 Å². The smallest absolute Gasteiger partial charge is 0.308 e. The average Bonchev–Trinajstić information content (AvgIpc) is 2.56. The highest BCUT2D eigenvalue weighted by Gasteiger charge is 2.43. The van der Waals surface area contributed by atoms with Crippen LogP contribution < -0.4 is 10.6 Å². The Morgan fingerprint density at radius 1 is 1.42 bits per heavy atom. The van der Waals surface area contributed by atoms with Crippen LogP contribution in [0.25, 0.3) is 0 Å². The molecule has 7 heteroatoms. The fraction of sp³-hybridized carbons (Fsp3) is 0.882. The molecule has 1 aliphatic carbocycles. The average molecular weight is 359 g/mol. The van der Waals surface area contributed by atoms with E-state index in [2.05, 4.69) is 10.6 Å². The van der Waals surface area contributed by atoms with Gasteiger partial charge in [-0.15, -0.1) is 11.6 Å². The Morgan fingerprint density at radius 3 is 3.00 bits per heavy atom. The summed E-state index contributed by atoms with van der Waals surface area (Å²) in [5.74, 6) is 0.0131. The highest BCUT2D eigenvalue weighted by atomic mass is 35.5. The van der Waals surface area contributed by atoms with Crippen molar-refractivity contribution in [3.63, 3.8) is 0 Å². The number of nitrogens with one attached hydrogen (secondary N) is 2. The number of esters is 1. The molecule has 6 atom stereocenters. The lowest BCUT2D eigenvalue weighted by Crippen LogP contribution is -2.49. The molecule has 24 heavy (non-hydrogen) atoms. The second-order valence-corrected chi connectivity index (χ2v) is 7.88. The van der Waals surface area contributed by atoms with Gasteiger partial charge in [-0.05, 0) is 38.1 Å². The Bertz CT molecular complexity index is 470. The summed E-state index contributed by atoms with van der Waals surface area (Å²) in [6, 6.07) is 0.179. The zero-order valence-corrected chi connectivity index (χ0v) is 14.9. The number of amides is 1. The third-order valence-electron chi connectivity index (χ3n) is 5.34. The van der Waals surface area contributed by atoms with Crippen LogP contribution in [0.15, 0.2) is 0 Å². The number of alkyl halides is 1. The molecule has 2 aliphatic heterocycles. The molecular formula is C17H27ClN2O4. The van der Waals surface area contributed by atoms with Crippen molar-refractivity contribution >= 4 is 23.5 Å². The standard InChI is InChI=1S/C17H27ClN2O4/c1-10-5-11-6-13(18)15(7-14(11)24-17(10)22)23-9-16(21)20-12-3-2-4-19-8-12/h10-15,19H,2-9H2,1H3,(H,20,21). The third kappa shape index (κ3) is 4.41. The number of fused-ring (bicyclic) bond motifs is 1. The van der Waals surface area contributed by atoms with Gasteiger partial charge in [0.2, 0.25) is 5.91 Å². The molecule has 6 unspecified atom stereocenters. The third-order valence-corrected chi connectivity index (χ3v) is 5.80. The number of piperidine rings is 1. The predicted molar refractivity (Wildman–Crippen MR) is 89.8 cm³/mol. The normalized spacial score (nSPS) is 39.7. The van der Waals surface area contributed by atoms with Crippen LogP contribution >= 0.6 is 11.6 Å². The minimum absolute atomic E-state index is 0.00607. The Kier molecular flexibility index (Phi) is 6.00. The maximum absolute atomic E-state index is 12.0. The van der Waals surface area contributed by atoms with E-state index in [0.717, 1.165) is 38.8 Å². The number of halogens is 1. The maximum atomic E-state index is 12.0. The van der Waals surface area contributed by atoms with Gasteiger partial charge in [-0.25, -0.2) is 0 Å².